The maximum atomic E-state index is 12.3. The van der Waals surface area contributed by atoms with Crippen LogP contribution in [0, 0.1) is 0 Å². The van der Waals surface area contributed by atoms with E-state index in [0.29, 0.717) is 23.7 Å². The molecule has 1 unspecified atom stereocenters. The van der Waals surface area contributed by atoms with Gasteiger partial charge in [0.05, 0.1) is 12.2 Å². The van der Waals surface area contributed by atoms with Crippen LogP contribution in [-0.2, 0) is 4.74 Å². The van der Waals surface area contributed by atoms with Crippen LogP contribution in [-0.4, -0.2) is 25.3 Å². The molecule has 1 fully saturated rings. The fourth-order valence-electron chi connectivity index (χ4n) is 2.55. The lowest BCUT2D eigenvalue weighted by atomic mass is 10.1. The molecule has 3 aromatic rings. The lowest BCUT2D eigenvalue weighted by Crippen LogP contribution is -2.09. The summed E-state index contributed by atoms with van der Waals surface area (Å²) in [4.78, 5) is 12.3. The Labute approximate surface area is 152 Å². The molecule has 0 saturated carbocycles. The molecule has 0 aromatic heterocycles. The van der Waals surface area contributed by atoms with Crippen LogP contribution in [0.1, 0.15) is 10.4 Å². The fraction of sp³-hybridized carbons (Fsp3) is 0.136. The van der Waals surface area contributed by atoms with Crippen molar-refractivity contribution in [2.24, 2.45) is 0 Å². The van der Waals surface area contributed by atoms with Crippen molar-refractivity contribution in [2.75, 3.05) is 13.2 Å². The van der Waals surface area contributed by atoms with E-state index in [-0.39, 0.29) is 6.10 Å². The Hall–Kier alpha value is -3.11. The minimum absolute atomic E-state index is 0.207. The molecule has 0 radical (unpaired) electrons. The monoisotopic (exact) mass is 346 g/mol. The van der Waals surface area contributed by atoms with Crippen molar-refractivity contribution in [1.82, 2.24) is 0 Å². The third-order valence-corrected chi connectivity index (χ3v) is 4.10. The van der Waals surface area contributed by atoms with Gasteiger partial charge < -0.3 is 14.2 Å². The number of hydrogen-bond acceptors (Lipinski definition) is 4. The molecular formula is C22H18O4. The molecule has 4 heteroatoms. The highest BCUT2D eigenvalue weighted by Crippen LogP contribution is 2.23. The largest absolute Gasteiger partial charge is 0.491 e. The van der Waals surface area contributed by atoms with Gasteiger partial charge in [-0.2, -0.15) is 0 Å². The number of hydrogen-bond donors (Lipinski definition) is 0. The van der Waals surface area contributed by atoms with Crippen LogP contribution in [0.3, 0.4) is 0 Å². The average molecular weight is 346 g/mol. The molecule has 1 heterocycles. The molecule has 0 bridgehead atoms. The number of benzene rings is 3. The molecule has 26 heavy (non-hydrogen) atoms. The molecule has 0 aliphatic carbocycles. The first-order chi connectivity index (χ1) is 12.8. The number of ether oxygens (including phenoxy) is 3. The molecule has 0 spiro atoms. The molecule has 0 N–H and O–H groups in total. The van der Waals surface area contributed by atoms with E-state index in [2.05, 4.69) is 0 Å². The second-order valence-corrected chi connectivity index (χ2v) is 6.07. The lowest BCUT2D eigenvalue weighted by Gasteiger charge is -2.07. The Morgan fingerprint density at radius 2 is 1.46 bits per heavy atom. The van der Waals surface area contributed by atoms with E-state index in [9.17, 15) is 4.79 Å². The first-order valence-corrected chi connectivity index (χ1v) is 8.50. The van der Waals surface area contributed by atoms with Gasteiger partial charge in [-0.05, 0) is 47.5 Å². The normalized spacial score (nSPS) is 15.3. The summed E-state index contributed by atoms with van der Waals surface area (Å²) in [6.45, 7) is 1.30. The first kappa shape index (κ1) is 16.4. The Morgan fingerprint density at radius 1 is 0.846 bits per heavy atom. The lowest BCUT2D eigenvalue weighted by molar-refractivity contribution is 0.0734. The highest BCUT2D eigenvalue weighted by Gasteiger charge is 2.23. The summed E-state index contributed by atoms with van der Waals surface area (Å²) < 4.78 is 16.1. The number of carbonyl (C=O) groups is 1. The van der Waals surface area contributed by atoms with Crippen LogP contribution in [0.5, 0.6) is 11.5 Å². The fourth-order valence-corrected chi connectivity index (χ4v) is 2.55. The van der Waals surface area contributed by atoms with Crippen molar-refractivity contribution in [3.8, 4) is 22.6 Å². The summed E-state index contributed by atoms with van der Waals surface area (Å²) in [6.07, 6.45) is 0.207. The molecule has 1 atom stereocenters. The molecular weight excluding hydrogens is 328 g/mol. The van der Waals surface area contributed by atoms with Gasteiger partial charge >= 0.3 is 5.97 Å². The number of epoxide rings is 1. The van der Waals surface area contributed by atoms with Gasteiger partial charge in [0.15, 0.2) is 0 Å². The highest BCUT2D eigenvalue weighted by atomic mass is 16.6. The predicted octanol–water partition coefficient (Wildman–Crippen LogP) is 4.35. The van der Waals surface area contributed by atoms with Crippen LogP contribution in [0.25, 0.3) is 11.1 Å². The Bertz CT molecular complexity index is 866. The van der Waals surface area contributed by atoms with Crippen LogP contribution in [0.2, 0.25) is 0 Å². The van der Waals surface area contributed by atoms with E-state index in [1.165, 1.54) is 0 Å². The smallest absolute Gasteiger partial charge is 0.343 e. The van der Waals surface area contributed by atoms with E-state index in [1.54, 1.807) is 36.4 Å². The average Bonchev–Trinajstić information content (AvgIpc) is 3.52. The zero-order valence-corrected chi connectivity index (χ0v) is 14.1. The molecule has 1 saturated heterocycles. The summed E-state index contributed by atoms with van der Waals surface area (Å²) in [6, 6.07) is 24.4. The van der Waals surface area contributed by atoms with E-state index < -0.39 is 5.97 Å². The SMILES string of the molecule is O=C(Oc1ccc(-c2ccccc2)cc1)c1ccc(OCC2CO2)cc1. The van der Waals surface area contributed by atoms with Crippen molar-refractivity contribution >= 4 is 5.97 Å². The van der Waals surface area contributed by atoms with Crippen molar-refractivity contribution in [1.29, 1.82) is 0 Å². The van der Waals surface area contributed by atoms with Gasteiger partial charge in [-0.15, -0.1) is 0 Å². The number of rotatable bonds is 6. The zero-order valence-electron chi connectivity index (χ0n) is 14.1. The quantitative estimate of drug-likeness (QED) is 0.378. The third-order valence-electron chi connectivity index (χ3n) is 4.10. The summed E-state index contributed by atoms with van der Waals surface area (Å²) in [7, 11) is 0. The molecule has 1 aliphatic rings. The summed E-state index contributed by atoms with van der Waals surface area (Å²) in [5.74, 6) is 0.833. The zero-order chi connectivity index (χ0) is 17.8. The molecule has 4 nitrogen and oxygen atoms in total. The van der Waals surface area contributed by atoms with E-state index in [4.69, 9.17) is 14.2 Å². The van der Waals surface area contributed by atoms with E-state index in [0.717, 1.165) is 17.7 Å². The summed E-state index contributed by atoms with van der Waals surface area (Å²) >= 11 is 0. The Morgan fingerprint density at radius 3 is 2.12 bits per heavy atom. The van der Waals surface area contributed by atoms with Gasteiger partial charge in [-0.1, -0.05) is 42.5 Å². The van der Waals surface area contributed by atoms with Crippen LogP contribution >= 0.6 is 0 Å². The number of carbonyl (C=O) groups excluding carboxylic acids is 1. The molecule has 4 rings (SSSR count). The van der Waals surface area contributed by atoms with Crippen molar-refractivity contribution in [3.05, 3.63) is 84.4 Å². The molecule has 1 aliphatic heterocycles. The van der Waals surface area contributed by atoms with Crippen molar-refractivity contribution in [3.63, 3.8) is 0 Å². The van der Waals surface area contributed by atoms with Crippen molar-refractivity contribution in [2.45, 2.75) is 6.10 Å². The minimum atomic E-state index is -0.394. The van der Waals surface area contributed by atoms with Gasteiger partial charge in [-0.25, -0.2) is 4.79 Å². The first-order valence-electron chi connectivity index (χ1n) is 8.50. The predicted molar refractivity (Wildman–Crippen MR) is 98.5 cm³/mol. The Kier molecular flexibility index (Phi) is 4.67. The van der Waals surface area contributed by atoms with Gasteiger partial charge in [0.1, 0.15) is 24.2 Å². The highest BCUT2D eigenvalue weighted by molar-refractivity contribution is 5.91. The maximum Gasteiger partial charge on any atom is 0.343 e. The maximum absolute atomic E-state index is 12.3. The topological polar surface area (TPSA) is 48.1 Å². The second-order valence-electron chi connectivity index (χ2n) is 6.07. The Balaban J connectivity index is 1.37. The molecule has 130 valence electrons. The molecule has 0 amide bonds. The number of esters is 1. The van der Waals surface area contributed by atoms with Crippen molar-refractivity contribution < 1.29 is 19.0 Å². The van der Waals surface area contributed by atoms with Gasteiger partial charge in [0.25, 0.3) is 0 Å². The minimum Gasteiger partial charge on any atom is -0.491 e. The van der Waals surface area contributed by atoms with E-state index >= 15 is 0 Å². The van der Waals surface area contributed by atoms with Crippen LogP contribution in [0.15, 0.2) is 78.9 Å². The van der Waals surface area contributed by atoms with Gasteiger partial charge in [-0.3, -0.25) is 0 Å². The van der Waals surface area contributed by atoms with Gasteiger partial charge in [0.2, 0.25) is 0 Å². The third kappa shape index (κ3) is 4.10. The van der Waals surface area contributed by atoms with Crippen LogP contribution < -0.4 is 9.47 Å². The van der Waals surface area contributed by atoms with Gasteiger partial charge in [0, 0.05) is 0 Å². The second kappa shape index (κ2) is 7.42. The van der Waals surface area contributed by atoms with Crippen LogP contribution in [0.4, 0.5) is 0 Å². The molecule has 3 aromatic carbocycles. The van der Waals surface area contributed by atoms with E-state index in [1.807, 2.05) is 42.5 Å². The summed E-state index contributed by atoms with van der Waals surface area (Å²) in [5.41, 5.74) is 2.68. The summed E-state index contributed by atoms with van der Waals surface area (Å²) in [5, 5.41) is 0. The standard InChI is InChI=1S/C22H18O4/c23-22(18-8-10-19(11-9-18)24-14-21-15-25-21)26-20-12-6-17(7-13-20)16-4-2-1-3-5-16/h1-13,21H,14-15H2.